The quantitative estimate of drug-likeness (QED) is 0.785. The SMILES string of the molecule is Cc1cc(NCc2nccs2)c2scc(C)c2n1. The van der Waals surface area contributed by atoms with Gasteiger partial charge in [0.25, 0.3) is 0 Å². The Morgan fingerprint density at radius 3 is 2.94 bits per heavy atom. The van der Waals surface area contributed by atoms with E-state index < -0.39 is 0 Å². The number of rotatable bonds is 3. The number of hydrogen-bond acceptors (Lipinski definition) is 5. The van der Waals surface area contributed by atoms with E-state index in [-0.39, 0.29) is 0 Å². The van der Waals surface area contributed by atoms with Gasteiger partial charge in [-0.05, 0) is 30.9 Å². The summed E-state index contributed by atoms with van der Waals surface area (Å²) in [7, 11) is 0. The van der Waals surface area contributed by atoms with Gasteiger partial charge in [0, 0.05) is 17.3 Å². The molecule has 0 aromatic carbocycles. The molecule has 0 amide bonds. The van der Waals surface area contributed by atoms with Crippen LogP contribution in [0.3, 0.4) is 0 Å². The standard InChI is InChI=1S/C13H13N3S2/c1-8-7-18-13-10(5-9(2)16-12(8)13)15-6-11-14-3-4-17-11/h3-5,7H,6H2,1-2H3,(H,15,16). The van der Waals surface area contributed by atoms with Crippen molar-refractivity contribution in [3.05, 3.63) is 39.3 Å². The zero-order chi connectivity index (χ0) is 12.5. The number of thiazole rings is 1. The molecule has 0 spiro atoms. The molecular weight excluding hydrogens is 262 g/mol. The number of aromatic nitrogens is 2. The van der Waals surface area contributed by atoms with Gasteiger partial charge in [0.2, 0.25) is 0 Å². The second-order valence-electron chi connectivity index (χ2n) is 4.19. The van der Waals surface area contributed by atoms with E-state index in [4.69, 9.17) is 0 Å². The van der Waals surface area contributed by atoms with Crippen LogP contribution in [-0.2, 0) is 6.54 Å². The predicted molar refractivity (Wildman–Crippen MR) is 78.5 cm³/mol. The molecule has 0 aliphatic carbocycles. The van der Waals surface area contributed by atoms with Gasteiger partial charge in [-0.1, -0.05) is 0 Å². The maximum absolute atomic E-state index is 4.60. The Labute approximate surface area is 114 Å². The van der Waals surface area contributed by atoms with Gasteiger partial charge < -0.3 is 5.32 Å². The molecule has 0 aliphatic heterocycles. The first kappa shape index (κ1) is 11.6. The van der Waals surface area contributed by atoms with E-state index in [0.29, 0.717) is 0 Å². The Balaban J connectivity index is 1.95. The van der Waals surface area contributed by atoms with E-state index in [1.165, 1.54) is 10.3 Å². The zero-order valence-corrected chi connectivity index (χ0v) is 11.9. The van der Waals surface area contributed by atoms with Crippen molar-refractivity contribution in [3.63, 3.8) is 0 Å². The van der Waals surface area contributed by atoms with Gasteiger partial charge in [-0.25, -0.2) is 4.98 Å². The molecule has 0 bridgehead atoms. The third-order valence-electron chi connectivity index (χ3n) is 2.74. The van der Waals surface area contributed by atoms with Crippen LogP contribution in [0, 0.1) is 13.8 Å². The summed E-state index contributed by atoms with van der Waals surface area (Å²) >= 11 is 3.42. The molecule has 92 valence electrons. The summed E-state index contributed by atoms with van der Waals surface area (Å²) in [6.07, 6.45) is 1.84. The second-order valence-corrected chi connectivity index (χ2v) is 6.05. The maximum atomic E-state index is 4.60. The Morgan fingerprint density at radius 1 is 1.28 bits per heavy atom. The predicted octanol–water partition coefficient (Wildman–Crippen LogP) is 3.98. The second kappa shape index (κ2) is 4.66. The number of nitrogens with zero attached hydrogens (tertiary/aromatic N) is 2. The Bertz CT molecular complexity index is 671. The molecule has 0 unspecified atom stereocenters. The molecule has 0 saturated heterocycles. The van der Waals surface area contributed by atoms with Gasteiger partial charge in [0.05, 0.1) is 22.4 Å². The van der Waals surface area contributed by atoms with E-state index in [9.17, 15) is 0 Å². The summed E-state index contributed by atoms with van der Waals surface area (Å²) in [5.74, 6) is 0. The number of aryl methyl sites for hydroxylation is 2. The highest BCUT2D eigenvalue weighted by molar-refractivity contribution is 7.18. The topological polar surface area (TPSA) is 37.8 Å². The number of thiophene rings is 1. The minimum Gasteiger partial charge on any atom is -0.377 e. The molecule has 3 aromatic rings. The van der Waals surface area contributed by atoms with Gasteiger partial charge >= 0.3 is 0 Å². The summed E-state index contributed by atoms with van der Waals surface area (Å²) in [5, 5.41) is 8.72. The van der Waals surface area contributed by atoms with Crippen LogP contribution < -0.4 is 5.32 Å². The molecule has 18 heavy (non-hydrogen) atoms. The van der Waals surface area contributed by atoms with Gasteiger partial charge in [-0.3, -0.25) is 4.98 Å². The molecule has 3 rings (SSSR count). The van der Waals surface area contributed by atoms with E-state index in [0.717, 1.165) is 28.5 Å². The molecule has 3 heterocycles. The lowest BCUT2D eigenvalue weighted by Crippen LogP contribution is -2.00. The molecule has 0 aliphatic rings. The average molecular weight is 275 g/mol. The van der Waals surface area contributed by atoms with Gasteiger partial charge in [0.15, 0.2) is 0 Å². The fourth-order valence-corrected chi connectivity index (χ4v) is 3.43. The largest absolute Gasteiger partial charge is 0.377 e. The molecule has 0 saturated carbocycles. The molecule has 0 fully saturated rings. The fraction of sp³-hybridized carbons (Fsp3) is 0.231. The van der Waals surface area contributed by atoms with Crippen molar-refractivity contribution in [1.82, 2.24) is 9.97 Å². The molecule has 3 nitrogen and oxygen atoms in total. The van der Waals surface area contributed by atoms with E-state index in [2.05, 4.69) is 33.7 Å². The highest BCUT2D eigenvalue weighted by atomic mass is 32.1. The summed E-state index contributed by atoms with van der Waals surface area (Å²) < 4.78 is 1.23. The third-order valence-corrected chi connectivity index (χ3v) is 4.64. The first-order valence-corrected chi connectivity index (χ1v) is 7.47. The highest BCUT2D eigenvalue weighted by Crippen LogP contribution is 2.31. The Hall–Kier alpha value is -1.46. The van der Waals surface area contributed by atoms with Crippen LogP contribution in [0.5, 0.6) is 0 Å². The van der Waals surface area contributed by atoms with Gasteiger partial charge in [-0.2, -0.15) is 0 Å². The van der Waals surface area contributed by atoms with Crippen molar-refractivity contribution in [2.24, 2.45) is 0 Å². The number of nitrogens with one attached hydrogen (secondary N) is 1. The average Bonchev–Trinajstić information content (AvgIpc) is 2.97. The van der Waals surface area contributed by atoms with Crippen molar-refractivity contribution in [2.45, 2.75) is 20.4 Å². The molecule has 0 atom stereocenters. The minimum absolute atomic E-state index is 0.771. The number of anilines is 1. The monoisotopic (exact) mass is 275 g/mol. The van der Waals surface area contributed by atoms with Crippen LogP contribution in [0.1, 0.15) is 16.3 Å². The van der Waals surface area contributed by atoms with Gasteiger partial charge in [0.1, 0.15) is 5.01 Å². The lowest BCUT2D eigenvalue weighted by Gasteiger charge is -2.07. The number of hydrogen-bond donors (Lipinski definition) is 1. The van der Waals surface area contributed by atoms with Gasteiger partial charge in [-0.15, -0.1) is 22.7 Å². The fourth-order valence-electron chi connectivity index (χ4n) is 1.89. The van der Waals surface area contributed by atoms with Crippen molar-refractivity contribution in [2.75, 3.05) is 5.32 Å². The minimum atomic E-state index is 0.771. The summed E-state index contributed by atoms with van der Waals surface area (Å²) in [6.45, 7) is 4.91. The van der Waals surface area contributed by atoms with Crippen molar-refractivity contribution >= 4 is 38.6 Å². The third kappa shape index (κ3) is 2.11. The molecule has 5 heteroatoms. The highest BCUT2D eigenvalue weighted by Gasteiger charge is 2.08. The number of pyridine rings is 1. The summed E-state index contributed by atoms with van der Waals surface area (Å²) in [6, 6.07) is 2.10. The van der Waals surface area contributed by atoms with Crippen LogP contribution in [0.15, 0.2) is 23.0 Å². The number of fused-ring (bicyclic) bond motifs is 1. The Kier molecular flexibility index (Phi) is 3.01. The molecule has 0 radical (unpaired) electrons. The molecule has 1 N–H and O–H groups in total. The summed E-state index contributed by atoms with van der Waals surface area (Å²) in [5.41, 5.74) is 4.56. The van der Waals surface area contributed by atoms with Crippen molar-refractivity contribution in [3.8, 4) is 0 Å². The molecular formula is C13H13N3S2. The maximum Gasteiger partial charge on any atom is 0.112 e. The smallest absolute Gasteiger partial charge is 0.112 e. The lowest BCUT2D eigenvalue weighted by molar-refractivity contribution is 1.10. The van der Waals surface area contributed by atoms with Crippen LogP contribution >= 0.6 is 22.7 Å². The van der Waals surface area contributed by atoms with Crippen LogP contribution in [0.4, 0.5) is 5.69 Å². The lowest BCUT2D eigenvalue weighted by atomic mass is 10.2. The van der Waals surface area contributed by atoms with Crippen LogP contribution in [-0.4, -0.2) is 9.97 Å². The van der Waals surface area contributed by atoms with Crippen LogP contribution in [0.25, 0.3) is 10.2 Å². The van der Waals surface area contributed by atoms with E-state index in [1.807, 2.05) is 18.5 Å². The van der Waals surface area contributed by atoms with E-state index in [1.54, 1.807) is 22.7 Å². The molecule has 3 aromatic heterocycles. The first-order chi connectivity index (χ1) is 8.74. The van der Waals surface area contributed by atoms with E-state index >= 15 is 0 Å². The van der Waals surface area contributed by atoms with Crippen LogP contribution in [0.2, 0.25) is 0 Å². The van der Waals surface area contributed by atoms with Crippen molar-refractivity contribution in [1.29, 1.82) is 0 Å². The Morgan fingerprint density at radius 2 is 2.17 bits per heavy atom. The zero-order valence-electron chi connectivity index (χ0n) is 10.2. The first-order valence-electron chi connectivity index (χ1n) is 5.72. The summed E-state index contributed by atoms with van der Waals surface area (Å²) in [4.78, 5) is 8.88. The van der Waals surface area contributed by atoms with Crippen molar-refractivity contribution < 1.29 is 0 Å². The normalized spacial score (nSPS) is 11.0.